The molecule has 0 fully saturated rings. The van der Waals surface area contributed by atoms with Gasteiger partial charge in [0.2, 0.25) is 0 Å². The van der Waals surface area contributed by atoms with Crippen molar-refractivity contribution in [2.45, 2.75) is 35.9 Å². The first-order valence-electron chi connectivity index (χ1n) is 5.90. The van der Waals surface area contributed by atoms with Gasteiger partial charge in [-0.3, -0.25) is 0 Å². The average molecular weight is 265 g/mol. The summed E-state index contributed by atoms with van der Waals surface area (Å²) in [6.45, 7) is 2.03. The van der Waals surface area contributed by atoms with Gasteiger partial charge in [-0.15, -0.1) is 0 Å². The molecule has 0 spiro atoms. The van der Waals surface area contributed by atoms with Crippen molar-refractivity contribution >= 4 is 11.8 Å². The smallest absolute Gasteiger partial charge is 0.170 e. The Balaban J connectivity index is 2.22. The van der Waals surface area contributed by atoms with Crippen LogP contribution >= 0.6 is 11.8 Å². The number of nitrogens with zero attached hydrogens (tertiary/aromatic N) is 1. The van der Waals surface area contributed by atoms with Gasteiger partial charge in [0.15, 0.2) is 5.16 Å². The van der Waals surface area contributed by atoms with Gasteiger partial charge in [0, 0.05) is 23.3 Å². The van der Waals surface area contributed by atoms with Crippen LogP contribution in [0.4, 0.5) is 4.39 Å². The van der Waals surface area contributed by atoms with E-state index in [9.17, 15) is 4.39 Å². The molecular weight excluding hydrogens is 249 g/mol. The lowest BCUT2D eigenvalue weighted by Gasteiger charge is -2.12. The third-order valence-electron chi connectivity index (χ3n) is 2.71. The van der Waals surface area contributed by atoms with Gasteiger partial charge in [-0.25, -0.2) is 9.37 Å². The van der Waals surface area contributed by atoms with Crippen LogP contribution in [0.1, 0.15) is 18.9 Å². The van der Waals surface area contributed by atoms with E-state index in [-0.39, 0.29) is 11.9 Å². The highest BCUT2D eigenvalue weighted by Gasteiger charge is 2.10. The van der Waals surface area contributed by atoms with Gasteiger partial charge in [-0.1, -0.05) is 18.7 Å². The van der Waals surface area contributed by atoms with Crippen LogP contribution < -0.4 is 5.73 Å². The molecule has 1 aromatic carbocycles. The Morgan fingerprint density at radius 1 is 1.50 bits per heavy atom. The van der Waals surface area contributed by atoms with E-state index in [2.05, 4.69) is 9.97 Å². The second-order valence-corrected chi connectivity index (χ2v) is 5.15. The van der Waals surface area contributed by atoms with E-state index in [1.165, 1.54) is 17.8 Å². The van der Waals surface area contributed by atoms with Crippen LogP contribution in [0.3, 0.4) is 0 Å². The Morgan fingerprint density at radius 2 is 2.33 bits per heavy atom. The molecule has 0 saturated carbocycles. The van der Waals surface area contributed by atoms with Crippen molar-refractivity contribution in [1.82, 2.24) is 9.97 Å². The zero-order valence-electron chi connectivity index (χ0n) is 10.2. The predicted molar refractivity (Wildman–Crippen MR) is 71.1 cm³/mol. The molecule has 0 amide bonds. The summed E-state index contributed by atoms with van der Waals surface area (Å²) in [6.07, 6.45) is 5.02. The molecule has 1 heterocycles. The predicted octanol–water partition coefficient (Wildman–Crippen LogP) is 2.98. The van der Waals surface area contributed by atoms with Crippen LogP contribution in [-0.2, 0) is 6.42 Å². The summed E-state index contributed by atoms with van der Waals surface area (Å²) in [5, 5.41) is 0.799. The van der Waals surface area contributed by atoms with E-state index < -0.39 is 0 Å². The number of benzene rings is 1. The minimum Gasteiger partial charge on any atom is -0.339 e. The molecule has 0 aliphatic rings. The van der Waals surface area contributed by atoms with Crippen molar-refractivity contribution in [3.63, 3.8) is 0 Å². The maximum atomic E-state index is 13.3. The van der Waals surface area contributed by atoms with Gasteiger partial charge in [-0.2, -0.15) is 0 Å². The molecule has 0 aliphatic carbocycles. The molecule has 0 aliphatic heterocycles. The SMILES string of the molecule is CCC(N)Cc1cc(F)ccc1Sc1ncc[nH]1. The van der Waals surface area contributed by atoms with Gasteiger partial charge >= 0.3 is 0 Å². The quantitative estimate of drug-likeness (QED) is 0.874. The minimum absolute atomic E-state index is 0.0581. The topological polar surface area (TPSA) is 54.7 Å². The van der Waals surface area contributed by atoms with Crippen molar-refractivity contribution in [3.05, 3.63) is 42.0 Å². The van der Waals surface area contributed by atoms with E-state index in [0.717, 1.165) is 22.0 Å². The Morgan fingerprint density at radius 3 is 3.00 bits per heavy atom. The monoisotopic (exact) mass is 265 g/mol. The zero-order chi connectivity index (χ0) is 13.0. The highest BCUT2D eigenvalue weighted by molar-refractivity contribution is 7.99. The lowest BCUT2D eigenvalue weighted by Crippen LogP contribution is -2.21. The van der Waals surface area contributed by atoms with E-state index in [4.69, 9.17) is 5.73 Å². The second-order valence-electron chi connectivity index (χ2n) is 4.12. The standard InChI is InChI=1S/C13H16FN3S/c1-2-11(15)8-9-7-10(14)3-4-12(9)18-13-16-5-6-17-13/h3-7,11H,2,8,15H2,1H3,(H,16,17). The van der Waals surface area contributed by atoms with Crippen molar-refractivity contribution < 1.29 is 4.39 Å². The zero-order valence-corrected chi connectivity index (χ0v) is 11.0. The molecule has 5 heteroatoms. The summed E-state index contributed by atoms with van der Waals surface area (Å²) in [4.78, 5) is 8.17. The Labute approximate surface area is 110 Å². The Bertz CT molecular complexity index is 499. The molecule has 2 aromatic rings. The molecule has 18 heavy (non-hydrogen) atoms. The van der Waals surface area contributed by atoms with Gasteiger partial charge in [0.05, 0.1) is 0 Å². The molecule has 3 N–H and O–H groups in total. The molecular formula is C13H16FN3S. The molecule has 1 atom stereocenters. The molecule has 0 radical (unpaired) electrons. The molecule has 1 aromatic heterocycles. The van der Waals surface area contributed by atoms with E-state index in [1.807, 2.05) is 6.92 Å². The van der Waals surface area contributed by atoms with Crippen molar-refractivity contribution in [2.24, 2.45) is 5.73 Å². The Hall–Kier alpha value is -1.33. The highest BCUT2D eigenvalue weighted by Crippen LogP contribution is 2.29. The number of imidazole rings is 1. The first-order chi connectivity index (χ1) is 8.69. The fourth-order valence-corrected chi connectivity index (χ4v) is 2.50. The number of hydrogen-bond donors (Lipinski definition) is 2. The maximum Gasteiger partial charge on any atom is 0.170 e. The number of rotatable bonds is 5. The average Bonchev–Trinajstić information content (AvgIpc) is 2.85. The fourth-order valence-electron chi connectivity index (χ4n) is 1.64. The highest BCUT2D eigenvalue weighted by atomic mass is 32.2. The number of aromatic amines is 1. The fraction of sp³-hybridized carbons (Fsp3) is 0.308. The van der Waals surface area contributed by atoms with Gasteiger partial charge < -0.3 is 10.7 Å². The van der Waals surface area contributed by atoms with Crippen LogP contribution in [0.25, 0.3) is 0 Å². The van der Waals surface area contributed by atoms with Crippen LogP contribution in [0.15, 0.2) is 40.6 Å². The van der Waals surface area contributed by atoms with Crippen LogP contribution in [0.5, 0.6) is 0 Å². The lowest BCUT2D eigenvalue weighted by atomic mass is 10.0. The molecule has 0 bridgehead atoms. The summed E-state index contributed by atoms with van der Waals surface area (Å²) >= 11 is 1.49. The van der Waals surface area contributed by atoms with Crippen LogP contribution in [0.2, 0.25) is 0 Å². The second kappa shape index (κ2) is 6.02. The molecule has 3 nitrogen and oxygen atoms in total. The summed E-state index contributed by atoms with van der Waals surface area (Å²) in [6, 6.07) is 4.86. The van der Waals surface area contributed by atoms with E-state index >= 15 is 0 Å². The maximum absolute atomic E-state index is 13.3. The number of hydrogen-bond acceptors (Lipinski definition) is 3. The lowest BCUT2D eigenvalue weighted by molar-refractivity contribution is 0.609. The third-order valence-corrected chi connectivity index (χ3v) is 3.74. The number of aromatic nitrogens is 2. The summed E-state index contributed by atoms with van der Waals surface area (Å²) in [7, 11) is 0. The first-order valence-corrected chi connectivity index (χ1v) is 6.72. The van der Waals surface area contributed by atoms with Crippen LogP contribution in [0, 0.1) is 5.82 Å². The van der Waals surface area contributed by atoms with Gasteiger partial charge in [-0.05, 0) is 36.6 Å². The molecule has 0 saturated heterocycles. The van der Waals surface area contributed by atoms with Crippen molar-refractivity contribution in [3.8, 4) is 0 Å². The normalized spacial score (nSPS) is 12.6. The molecule has 2 rings (SSSR count). The summed E-state index contributed by atoms with van der Waals surface area (Å²) in [5.41, 5.74) is 6.88. The number of halogens is 1. The van der Waals surface area contributed by atoms with Gasteiger partial charge in [0.25, 0.3) is 0 Å². The summed E-state index contributed by atoms with van der Waals surface area (Å²) in [5.74, 6) is -0.225. The minimum atomic E-state index is -0.225. The number of nitrogens with two attached hydrogens (primary N) is 1. The van der Waals surface area contributed by atoms with Crippen molar-refractivity contribution in [1.29, 1.82) is 0 Å². The largest absolute Gasteiger partial charge is 0.339 e. The summed E-state index contributed by atoms with van der Waals surface area (Å²) < 4.78 is 13.3. The molecule has 1 unspecified atom stereocenters. The Kier molecular flexibility index (Phi) is 4.38. The van der Waals surface area contributed by atoms with Gasteiger partial charge in [0.1, 0.15) is 5.82 Å². The number of nitrogens with one attached hydrogen (secondary N) is 1. The number of H-pyrrole nitrogens is 1. The van der Waals surface area contributed by atoms with E-state index in [0.29, 0.717) is 6.42 Å². The van der Waals surface area contributed by atoms with Crippen molar-refractivity contribution in [2.75, 3.05) is 0 Å². The van der Waals surface area contributed by atoms with E-state index in [1.54, 1.807) is 24.5 Å². The first kappa shape index (κ1) is 13.1. The third kappa shape index (κ3) is 3.34. The van der Waals surface area contributed by atoms with Crippen LogP contribution in [-0.4, -0.2) is 16.0 Å². The molecule has 96 valence electrons.